The van der Waals surface area contributed by atoms with Crippen LogP contribution in [0.4, 0.5) is 0 Å². The van der Waals surface area contributed by atoms with Crippen LogP contribution in [0.1, 0.15) is 80.6 Å². The number of ether oxygens (including phenoxy) is 2. The normalized spacial score (nSPS) is 36.0. The maximum absolute atomic E-state index is 13.8. The van der Waals surface area contributed by atoms with E-state index in [1.807, 2.05) is 0 Å². The van der Waals surface area contributed by atoms with Gasteiger partial charge in [-0.15, -0.1) is 0 Å². The van der Waals surface area contributed by atoms with Gasteiger partial charge in [0.15, 0.2) is 0 Å². The van der Waals surface area contributed by atoms with E-state index in [-0.39, 0.29) is 42.4 Å². The molecule has 1 heterocycles. The Morgan fingerprint density at radius 1 is 0.961 bits per heavy atom. The Hall–Kier alpha value is -4.32. The minimum Gasteiger partial charge on any atom is -0.497 e. The molecular formula is C40H47N3O8. The summed E-state index contributed by atoms with van der Waals surface area (Å²) in [5.41, 5.74) is 0.863. The zero-order valence-corrected chi connectivity index (χ0v) is 29.1. The van der Waals surface area contributed by atoms with Gasteiger partial charge < -0.3 is 30.1 Å². The van der Waals surface area contributed by atoms with Gasteiger partial charge in [-0.25, -0.2) is 10.2 Å². The Morgan fingerprint density at radius 3 is 2.41 bits per heavy atom. The lowest BCUT2D eigenvalue weighted by Crippen LogP contribution is -2.68. The second-order valence-corrected chi connectivity index (χ2v) is 15.4. The third kappa shape index (κ3) is 5.98. The van der Waals surface area contributed by atoms with Crippen LogP contribution in [0.15, 0.2) is 77.0 Å². The molecule has 4 fully saturated rings. The number of nitrogens with one attached hydrogen (secondary N) is 2. The number of carbonyl (C=O) groups excluding carboxylic acids is 3. The highest BCUT2D eigenvalue weighted by Crippen LogP contribution is 2.70. The minimum atomic E-state index is -1.29. The second kappa shape index (κ2) is 13.3. The molecule has 11 nitrogen and oxygen atoms in total. The third-order valence-electron chi connectivity index (χ3n) is 13.1. The Morgan fingerprint density at radius 2 is 1.71 bits per heavy atom. The van der Waals surface area contributed by atoms with Crippen molar-refractivity contribution in [2.45, 2.75) is 82.0 Å². The van der Waals surface area contributed by atoms with E-state index >= 15 is 0 Å². The molecule has 8 atom stereocenters. The number of hydrogen-bond acceptors (Lipinski definition) is 9. The SMILES string of the molecule is COc1ccc(/C=C(\NC(=O)c2ccccc2)C(=O)N/N=C\[C@]23CC[C@@H](O)C[C@]2(O)CC[C@@H]2[C@@H]3CC[C@]3(C)[C@@H](C4=CC(=O)OC4)CC[C@@]23O)cc1. The van der Waals surface area contributed by atoms with Gasteiger partial charge in [0.1, 0.15) is 18.1 Å². The maximum atomic E-state index is 13.8. The molecule has 5 N–H and O–H groups in total. The molecule has 7 rings (SSSR count). The molecule has 0 unspecified atom stereocenters. The highest BCUT2D eigenvalue weighted by molar-refractivity contribution is 6.05. The molecule has 0 aromatic heterocycles. The lowest BCUT2D eigenvalue weighted by atomic mass is 9.41. The summed E-state index contributed by atoms with van der Waals surface area (Å²) in [6, 6.07) is 15.6. The van der Waals surface area contributed by atoms with E-state index < -0.39 is 40.0 Å². The number of cyclic esters (lactones) is 1. The Labute approximate surface area is 297 Å². The molecule has 2 amide bonds. The number of aliphatic hydroxyl groups is 3. The van der Waals surface area contributed by atoms with E-state index in [9.17, 15) is 29.7 Å². The van der Waals surface area contributed by atoms with Crippen molar-refractivity contribution in [2.75, 3.05) is 13.7 Å². The topological polar surface area (TPSA) is 167 Å². The number of methoxy groups -OCH3 is 1. The quantitative estimate of drug-likeness (QED) is 0.118. The second-order valence-electron chi connectivity index (χ2n) is 15.4. The number of fused-ring (bicyclic) bond motifs is 5. The van der Waals surface area contributed by atoms with Gasteiger partial charge in [-0.2, -0.15) is 5.10 Å². The van der Waals surface area contributed by atoms with E-state index in [0.717, 1.165) is 12.0 Å². The van der Waals surface area contributed by atoms with Gasteiger partial charge in [0, 0.05) is 35.1 Å². The summed E-state index contributed by atoms with van der Waals surface area (Å²) in [5, 5.41) is 43.0. The van der Waals surface area contributed by atoms with E-state index in [4.69, 9.17) is 9.47 Å². The summed E-state index contributed by atoms with van der Waals surface area (Å²) in [5.74, 6) is -1.10. The largest absolute Gasteiger partial charge is 0.497 e. The highest BCUT2D eigenvalue weighted by atomic mass is 16.5. The fourth-order valence-electron chi connectivity index (χ4n) is 10.4. The zero-order valence-electron chi connectivity index (χ0n) is 29.1. The van der Waals surface area contributed by atoms with Gasteiger partial charge in [0.05, 0.1) is 24.4 Å². The monoisotopic (exact) mass is 697 g/mol. The Bertz CT molecular complexity index is 1780. The van der Waals surface area contributed by atoms with Crippen LogP contribution in [0.2, 0.25) is 0 Å². The zero-order chi connectivity index (χ0) is 36.0. The average molecular weight is 698 g/mol. The fourth-order valence-corrected chi connectivity index (χ4v) is 10.4. The van der Waals surface area contributed by atoms with Gasteiger partial charge in [-0.1, -0.05) is 37.3 Å². The number of amides is 2. The molecule has 270 valence electrons. The van der Waals surface area contributed by atoms with Crippen LogP contribution in [0.5, 0.6) is 5.75 Å². The first-order chi connectivity index (χ1) is 24.4. The first-order valence-corrected chi connectivity index (χ1v) is 18.0. The Kier molecular flexibility index (Phi) is 9.18. The van der Waals surface area contributed by atoms with E-state index in [0.29, 0.717) is 61.8 Å². The van der Waals surface area contributed by atoms with Crippen LogP contribution >= 0.6 is 0 Å². The lowest BCUT2D eigenvalue weighted by Gasteiger charge is -2.65. The molecule has 0 radical (unpaired) electrons. The molecular weight excluding hydrogens is 650 g/mol. The lowest BCUT2D eigenvalue weighted by molar-refractivity contribution is -0.237. The van der Waals surface area contributed by atoms with Crippen LogP contribution in [-0.4, -0.2) is 70.3 Å². The average Bonchev–Trinajstić information content (AvgIpc) is 3.67. The van der Waals surface area contributed by atoms with Crippen molar-refractivity contribution < 1.29 is 39.2 Å². The molecule has 4 aliphatic carbocycles. The molecule has 51 heavy (non-hydrogen) atoms. The third-order valence-corrected chi connectivity index (χ3v) is 13.1. The number of benzene rings is 2. The van der Waals surface area contributed by atoms with Gasteiger partial charge >= 0.3 is 5.97 Å². The smallest absolute Gasteiger partial charge is 0.331 e. The van der Waals surface area contributed by atoms with Crippen molar-refractivity contribution in [3.8, 4) is 5.75 Å². The van der Waals surface area contributed by atoms with Crippen LogP contribution in [0.25, 0.3) is 6.08 Å². The van der Waals surface area contributed by atoms with E-state index in [1.165, 1.54) is 0 Å². The molecule has 1 aliphatic heterocycles. The number of rotatable bonds is 8. The number of hydrogen-bond donors (Lipinski definition) is 5. The number of nitrogens with zero attached hydrogens (tertiary/aromatic N) is 1. The molecule has 0 bridgehead atoms. The predicted octanol–water partition coefficient (Wildman–Crippen LogP) is 4.28. The summed E-state index contributed by atoms with van der Waals surface area (Å²) in [7, 11) is 1.56. The first-order valence-electron chi connectivity index (χ1n) is 18.0. The summed E-state index contributed by atoms with van der Waals surface area (Å²) < 4.78 is 10.5. The summed E-state index contributed by atoms with van der Waals surface area (Å²) in [4.78, 5) is 38.9. The van der Waals surface area contributed by atoms with Crippen molar-refractivity contribution in [1.82, 2.24) is 10.7 Å². The van der Waals surface area contributed by atoms with Gasteiger partial charge in [-0.05, 0) is 111 Å². The van der Waals surface area contributed by atoms with Crippen molar-refractivity contribution >= 4 is 30.1 Å². The molecule has 4 saturated carbocycles. The number of hydrazone groups is 1. The first kappa shape index (κ1) is 35.1. The van der Waals surface area contributed by atoms with Crippen LogP contribution in [0.3, 0.4) is 0 Å². The summed E-state index contributed by atoms with van der Waals surface area (Å²) >= 11 is 0. The van der Waals surface area contributed by atoms with Gasteiger partial charge in [-0.3, -0.25) is 9.59 Å². The van der Waals surface area contributed by atoms with E-state index in [2.05, 4.69) is 22.8 Å². The molecule has 2 aromatic rings. The van der Waals surface area contributed by atoms with Crippen molar-refractivity contribution in [3.05, 3.63) is 83.1 Å². The van der Waals surface area contributed by atoms with E-state index in [1.54, 1.807) is 80.1 Å². The molecule has 0 spiro atoms. The predicted molar refractivity (Wildman–Crippen MR) is 189 cm³/mol. The molecule has 11 heteroatoms. The standard InChI is InChI=1S/C40H47N3O8/c1-37-16-13-31-32(40(37,49)19-15-30(37)27-21-34(45)51-23-27)14-18-39(48)22-28(44)12-17-38(31,39)24-41-43-36(47)33(20-25-8-10-29(50-2)11-9-25)42-35(46)26-6-4-3-5-7-26/h3-11,20-21,24,28,30-32,44,48-49H,12-19,22-23H2,1-2H3,(H,42,46)(H,43,47)/b33-20-,41-24-/t28-,30-,31+,32-,37-,38+,39-,40-/m1/s1. The molecule has 2 aromatic carbocycles. The summed E-state index contributed by atoms with van der Waals surface area (Å²) in [6.07, 6.45) is 8.86. The number of aliphatic hydroxyl groups excluding tert-OH is 1. The van der Waals surface area contributed by atoms with Crippen molar-refractivity contribution in [3.63, 3.8) is 0 Å². The minimum absolute atomic E-state index is 0.0230. The fraction of sp³-hybridized carbons (Fsp3) is 0.500. The van der Waals surface area contributed by atoms with Crippen molar-refractivity contribution in [1.29, 1.82) is 0 Å². The number of carbonyl (C=O) groups is 3. The number of esters is 1. The summed E-state index contributed by atoms with van der Waals surface area (Å²) in [6.45, 7) is 2.40. The maximum Gasteiger partial charge on any atom is 0.331 e. The van der Waals surface area contributed by atoms with Crippen molar-refractivity contribution in [2.24, 2.45) is 33.7 Å². The van der Waals surface area contributed by atoms with Crippen LogP contribution in [-0.2, 0) is 14.3 Å². The van der Waals surface area contributed by atoms with Crippen LogP contribution < -0.4 is 15.5 Å². The molecule has 0 saturated heterocycles. The van der Waals surface area contributed by atoms with Gasteiger partial charge in [0.25, 0.3) is 11.8 Å². The van der Waals surface area contributed by atoms with Crippen LogP contribution in [0, 0.1) is 28.6 Å². The Balaban J connectivity index is 1.18. The molecule has 5 aliphatic rings. The highest BCUT2D eigenvalue weighted by Gasteiger charge is 2.71. The van der Waals surface area contributed by atoms with Gasteiger partial charge in [0.2, 0.25) is 0 Å².